The Balaban J connectivity index is 2.93. The summed E-state index contributed by atoms with van der Waals surface area (Å²) in [5.41, 5.74) is 2.69. The molecule has 0 amide bonds. The van der Waals surface area contributed by atoms with E-state index >= 15 is 0 Å². The van der Waals surface area contributed by atoms with Crippen LogP contribution >= 0.6 is 11.6 Å². The van der Waals surface area contributed by atoms with E-state index in [4.69, 9.17) is 11.6 Å². The predicted octanol–water partition coefficient (Wildman–Crippen LogP) is 5.14. The number of halogens is 1. The first kappa shape index (κ1) is 13.3. The maximum absolute atomic E-state index is 6.33. The molecule has 1 unspecified atom stereocenters. The van der Waals surface area contributed by atoms with Crippen LogP contribution in [0.1, 0.15) is 45.6 Å². The highest BCUT2D eigenvalue weighted by atomic mass is 35.5. The van der Waals surface area contributed by atoms with Crippen LogP contribution in [0.4, 0.5) is 0 Å². The fourth-order valence-electron chi connectivity index (χ4n) is 1.90. The maximum atomic E-state index is 6.33. The Hall–Kier alpha value is -0.750. The second-order valence-corrected chi connectivity index (χ2v) is 6.21. The number of alkyl halides is 1. The number of benzene rings is 1. The zero-order valence-electron chi connectivity index (χ0n) is 10.6. The summed E-state index contributed by atoms with van der Waals surface area (Å²) in [4.78, 5) is -0.160. The molecule has 0 radical (unpaired) electrons. The molecule has 0 spiro atoms. The minimum absolute atomic E-state index is 0.160. The van der Waals surface area contributed by atoms with E-state index in [0.29, 0.717) is 5.92 Å². The highest BCUT2D eigenvalue weighted by Crippen LogP contribution is 2.31. The highest BCUT2D eigenvalue weighted by Gasteiger charge is 2.20. The maximum Gasteiger partial charge on any atom is 0.0399 e. The lowest BCUT2D eigenvalue weighted by atomic mass is 9.88. The molecule has 0 aliphatic heterocycles. The third kappa shape index (κ3) is 4.85. The molecule has 0 aromatic heterocycles. The first-order valence-electron chi connectivity index (χ1n) is 5.77. The van der Waals surface area contributed by atoms with Gasteiger partial charge in [0.15, 0.2) is 0 Å². The van der Waals surface area contributed by atoms with Crippen LogP contribution in [0.5, 0.6) is 0 Å². The minimum Gasteiger partial charge on any atom is -0.120 e. The Labute approximate surface area is 104 Å². The molecule has 0 nitrogen and oxygen atoms in total. The van der Waals surface area contributed by atoms with Gasteiger partial charge >= 0.3 is 0 Å². The Morgan fingerprint density at radius 1 is 1.25 bits per heavy atom. The second kappa shape index (κ2) is 5.54. The zero-order chi connectivity index (χ0) is 12.2. The van der Waals surface area contributed by atoms with Crippen molar-refractivity contribution in [2.24, 2.45) is 0 Å². The molecular weight excluding hydrogens is 216 g/mol. The van der Waals surface area contributed by atoms with Gasteiger partial charge in [-0.05, 0) is 39.7 Å². The predicted molar refractivity (Wildman–Crippen MR) is 73.2 cm³/mol. The van der Waals surface area contributed by atoms with E-state index in [1.807, 2.05) is 0 Å². The molecule has 1 aromatic rings. The van der Waals surface area contributed by atoms with Crippen molar-refractivity contribution < 1.29 is 0 Å². The molecular formula is C15H21Cl. The normalized spacial score (nSPS) is 13.3. The number of hydrogen-bond donors (Lipinski definition) is 0. The van der Waals surface area contributed by atoms with Crippen molar-refractivity contribution in [1.29, 1.82) is 0 Å². The van der Waals surface area contributed by atoms with Crippen LogP contribution in [-0.2, 0) is 0 Å². The first-order valence-corrected chi connectivity index (χ1v) is 6.15. The molecule has 1 rings (SSSR count). The van der Waals surface area contributed by atoms with Crippen LogP contribution in [0.2, 0.25) is 0 Å². The van der Waals surface area contributed by atoms with Gasteiger partial charge in [0.05, 0.1) is 0 Å². The Morgan fingerprint density at radius 2 is 1.81 bits per heavy atom. The van der Waals surface area contributed by atoms with Crippen LogP contribution in [-0.4, -0.2) is 4.87 Å². The van der Waals surface area contributed by atoms with Gasteiger partial charge in [-0.2, -0.15) is 0 Å². The van der Waals surface area contributed by atoms with Crippen molar-refractivity contribution in [1.82, 2.24) is 0 Å². The largest absolute Gasteiger partial charge is 0.120 e. The van der Waals surface area contributed by atoms with Gasteiger partial charge in [0.25, 0.3) is 0 Å². The Kier molecular flexibility index (Phi) is 4.61. The Bertz CT molecular complexity index is 339. The molecule has 0 heterocycles. The molecule has 0 saturated carbocycles. The quantitative estimate of drug-likeness (QED) is 0.501. The summed E-state index contributed by atoms with van der Waals surface area (Å²) in [5, 5.41) is 0. The lowest BCUT2D eigenvalue weighted by Crippen LogP contribution is -2.14. The molecule has 0 aliphatic carbocycles. The molecule has 0 aliphatic rings. The molecule has 1 aromatic carbocycles. The van der Waals surface area contributed by atoms with E-state index in [1.54, 1.807) is 0 Å². The average molecular weight is 237 g/mol. The second-order valence-electron chi connectivity index (χ2n) is 5.18. The molecule has 88 valence electrons. The standard InChI is InChI=1S/C15H21Cl/c1-12(2)10-14(11-15(3,4)16)13-8-6-5-7-9-13/h5-10,14H,11H2,1-4H3. The molecule has 1 atom stereocenters. The third-order valence-electron chi connectivity index (χ3n) is 2.47. The fraction of sp³-hybridized carbons (Fsp3) is 0.467. The van der Waals surface area contributed by atoms with Gasteiger partial charge in [0.2, 0.25) is 0 Å². The highest BCUT2D eigenvalue weighted by molar-refractivity contribution is 6.23. The van der Waals surface area contributed by atoms with E-state index in [9.17, 15) is 0 Å². The molecule has 0 bridgehead atoms. The van der Waals surface area contributed by atoms with Crippen molar-refractivity contribution in [3.05, 3.63) is 47.5 Å². The number of hydrogen-bond acceptors (Lipinski definition) is 0. The lowest BCUT2D eigenvalue weighted by Gasteiger charge is -2.22. The molecule has 1 heteroatoms. The minimum atomic E-state index is -0.160. The third-order valence-corrected chi connectivity index (χ3v) is 2.62. The summed E-state index contributed by atoms with van der Waals surface area (Å²) >= 11 is 6.33. The van der Waals surface area contributed by atoms with Crippen LogP contribution in [0, 0.1) is 0 Å². The van der Waals surface area contributed by atoms with Gasteiger partial charge in [-0.1, -0.05) is 42.0 Å². The average Bonchev–Trinajstić information content (AvgIpc) is 2.15. The summed E-state index contributed by atoms with van der Waals surface area (Å²) in [7, 11) is 0. The van der Waals surface area contributed by atoms with Crippen LogP contribution in [0.15, 0.2) is 42.0 Å². The van der Waals surface area contributed by atoms with Crippen molar-refractivity contribution in [2.45, 2.75) is 44.9 Å². The molecule has 0 saturated heterocycles. The lowest BCUT2D eigenvalue weighted by molar-refractivity contribution is 0.584. The molecule has 0 fully saturated rings. The molecule has 16 heavy (non-hydrogen) atoms. The van der Waals surface area contributed by atoms with Crippen molar-refractivity contribution in [3.8, 4) is 0 Å². The summed E-state index contributed by atoms with van der Waals surface area (Å²) in [6, 6.07) is 10.6. The monoisotopic (exact) mass is 236 g/mol. The van der Waals surface area contributed by atoms with Crippen LogP contribution in [0.3, 0.4) is 0 Å². The van der Waals surface area contributed by atoms with Gasteiger partial charge in [-0.15, -0.1) is 11.6 Å². The van der Waals surface area contributed by atoms with Gasteiger partial charge in [0.1, 0.15) is 0 Å². The van der Waals surface area contributed by atoms with Crippen molar-refractivity contribution >= 4 is 11.6 Å². The summed E-state index contributed by atoms with van der Waals surface area (Å²) in [5.74, 6) is 0.415. The summed E-state index contributed by atoms with van der Waals surface area (Å²) in [6.07, 6.45) is 3.27. The van der Waals surface area contributed by atoms with Gasteiger partial charge < -0.3 is 0 Å². The van der Waals surface area contributed by atoms with E-state index < -0.39 is 0 Å². The van der Waals surface area contributed by atoms with E-state index in [0.717, 1.165) is 6.42 Å². The van der Waals surface area contributed by atoms with Crippen molar-refractivity contribution in [3.63, 3.8) is 0 Å². The van der Waals surface area contributed by atoms with Crippen molar-refractivity contribution in [2.75, 3.05) is 0 Å². The zero-order valence-corrected chi connectivity index (χ0v) is 11.4. The summed E-state index contributed by atoms with van der Waals surface area (Å²) in [6.45, 7) is 8.42. The SMILES string of the molecule is CC(C)=CC(CC(C)(C)Cl)c1ccccc1. The number of allylic oxidation sites excluding steroid dienone is 2. The van der Waals surface area contributed by atoms with Crippen LogP contribution in [0.25, 0.3) is 0 Å². The van der Waals surface area contributed by atoms with E-state index in [1.165, 1.54) is 11.1 Å². The van der Waals surface area contributed by atoms with Gasteiger partial charge in [0, 0.05) is 10.8 Å². The van der Waals surface area contributed by atoms with Gasteiger partial charge in [-0.3, -0.25) is 0 Å². The number of rotatable bonds is 4. The van der Waals surface area contributed by atoms with Gasteiger partial charge in [-0.25, -0.2) is 0 Å². The summed E-state index contributed by atoms with van der Waals surface area (Å²) < 4.78 is 0. The van der Waals surface area contributed by atoms with E-state index in [-0.39, 0.29) is 4.87 Å². The van der Waals surface area contributed by atoms with E-state index in [2.05, 4.69) is 64.1 Å². The smallest absolute Gasteiger partial charge is 0.0399 e. The topological polar surface area (TPSA) is 0 Å². The Morgan fingerprint density at radius 3 is 2.25 bits per heavy atom. The fourth-order valence-corrected chi connectivity index (χ4v) is 2.06. The molecule has 0 N–H and O–H groups in total. The van der Waals surface area contributed by atoms with Crippen LogP contribution < -0.4 is 0 Å². The first-order chi connectivity index (χ1) is 7.38.